The lowest BCUT2D eigenvalue weighted by atomic mass is 10.2. The lowest BCUT2D eigenvalue weighted by Crippen LogP contribution is -2.32. The van der Waals surface area contributed by atoms with Crippen molar-refractivity contribution in [1.29, 1.82) is 0 Å². The fraction of sp³-hybridized carbons (Fsp3) is 0.533. The van der Waals surface area contributed by atoms with E-state index in [-0.39, 0.29) is 26.1 Å². The molecule has 0 unspecified atom stereocenters. The summed E-state index contributed by atoms with van der Waals surface area (Å²) in [6.45, 7) is 2.59. The van der Waals surface area contributed by atoms with Gasteiger partial charge in [-0.1, -0.05) is 30.3 Å². The molecule has 3 nitrogen and oxygen atoms in total. The topological polar surface area (TPSA) is 29.5 Å². The van der Waals surface area contributed by atoms with Crippen LogP contribution in [0, 0.1) is 0 Å². The number of rotatable bonds is 8. The predicted molar refractivity (Wildman–Crippen MR) is 73.6 cm³/mol. The molecule has 0 N–H and O–H groups in total. The summed E-state index contributed by atoms with van der Waals surface area (Å²) in [4.78, 5) is 13.2. The van der Waals surface area contributed by atoms with Crippen LogP contribution < -0.4 is 0 Å². The first-order valence-electron chi connectivity index (χ1n) is 6.89. The summed E-state index contributed by atoms with van der Waals surface area (Å²) in [6, 6.07) is 9.33. The standard InChI is InChI=1S/C15H20F3NO2/c1-2-21-14(20)12-19(10-6-9-15(16,17)18)11-13-7-4-3-5-8-13/h3-5,7-8H,2,6,9-12H2,1H3. The Morgan fingerprint density at radius 2 is 1.90 bits per heavy atom. The summed E-state index contributed by atoms with van der Waals surface area (Å²) < 4.78 is 41.5. The maximum Gasteiger partial charge on any atom is 0.389 e. The van der Waals surface area contributed by atoms with Crippen molar-refractivity contribution in [3.63, 3.8) is 0 Å². The highest BCUT2D eigenvalue weighted by Gasteiger charge is 2.26. The third-order valence-electron chi connectivity index (χ3n) is 2.84. The third-order valence-corrected chi connectivity index (χ3v) is 2.84. The Kier molecular flexibility index (Phi) is 7.22. The summed E-state index contributed by atoms with van der Waals surface area (Å²) in [7, 11) is 0. The quantitative estimate of drug-likeness (QED) is 0.689. The molecule has 0 aliphatic heterocycles. The highest BCUT2D eigenvalue weighted by atomic mass is 19.4. The van der Waals surface area contributed by atoms with Crippen molar-refractivity contribution in [1.82, 2.24) is 4.90 Å². The molecule has 0 radical (unpaired) electrons. The molecule has 1 aromatic carbocycles. The first kappa shape index (κ1) is 17.5. The van der Waals surface area contributed by atoms with Gasteiger partial charge < -0.3 is 4.74 Å². The molecular formula is C15H20F3NO2. The molecular weight excluding hydrogens is 283 g/mol. The molecule has 0 atom stereocenters. The minimum atomic E-state index is -4.16. The van der Waals surface area contributed by atoms with Crippen LogP contribution >= 0.6 is 0 Å². The molecule has 0 spiro atoms. The third kappa shape index (κ3) is 8.34. The summed E-state index contributed by atoms with van der Waals surface area (Å²) in [5.74, 6) is -0.416. The van der Waals surface area contributed by atoms with Crippen LogP contribution in [0.15, 0.2) is 30.3 Å². The molecule has 6 heteroatoms. The predicted octanol–water partition coefficient (Wildman–Crippen LogP) is 3.39. The van der Waals surface area contributed by atoms with Crippen molar-refractivity contribution >= 4 is 5.97 Å². The van der Waals surface area contributed by atoms with E-state index in [2.05, 4.69) is 0 Å². The average Bonchev–Trinajstić information content (AvgIpc) is 2.38. The average molecular weight is 303 g/mol. The number of carbonyl (C=O) groups is 1. The van der Waals surface area contributed by atoms with Gasteiger partial charge in [0.25, 0.3) is 0 Å². The van der Waals surface area contributed by atoms with Crippen molar-refractivity contribution in [2.45, 2.75) is 32.5 Å². The van der Waals surface area contributed by atoms with E-state index in [0.29, 0.717) is 6.54 Å². The number of alkyl halides is 3. The van der Waals surface area contributed by atoms with E-state index < -0.39 is 18.6 Å². The van der Waals surface area contributed by atoms with Gasteiger partial charge in [0, 0.05) is 13.0 Å². The first-order chi connectivity index (χ1) is 9.90. The van der Waals surface area contributed by atoms with Crippen molar-refractivity contribution in [2.75, 3.05) is 19.7 Å². The molecule has 0 amide bonds. The maximum atomic E-state index is 12.2. The van der Waals surface area contributed by atoms with E-state index >= 15 is 0 Å². The summed E-state index contributed by atoms with van der Waals surface area (Å²) in [5.41, 5.74) is 0.953. The highest BCUT2D eigenvalue weighted by molar-refractivity contribution is 5.71. The van der Waals surface area contributed by atoms with Crippen LogP contribution in [0.1, 0.15) is 25.3 Å². The number of benzene rings is 1. The van der Waals surface area contributed by atoms with Crippen LogP contribution in [0.3, 0.4) is 0 Å². The number of esters is 1. The number of hydrogen-bond donors (Lipinski definition) is 0. The molecule has 1 aromatic rings. The Morgan fingerprint density at radius 1 is 1.24 bits per heavy atom. The zero-order valence-corrected chi connectivity index (χ0v) is 12.0. The summed E-state index contributed by atoms with van der Waals surface area (Å²) in [6.07, 6.45) is -5.04. The van der Waals surface area contributed by atoms with E-state index in [0.717, 1.165) is 5.56 Å². The smallest absolute Gasteiger partial charge is 0.389 e. The first-order valence-corrected chi connectivity index (χ1v) is 6.89. The minimum Gasteiger partial charge on any atom is -0.465 e. The van der Waals surface area contributed by atoms with Gasteiger partial charge in [-0.25, -0.2) is 0 Å². The van der Waals surface area contributed by atoms with Gasteiger partial charge in [0.15, 0.2) is 0 Å². The molecule has 0 fully saturated rings. The normalized spacial score (nSPS) is 11.7. The molecule has 0 aliphatic rings. The van der Waals surface area contributed by atoms with Gasteiger partial charge in [-0.15, -0.1) is 0 Å². The molecule has 0 saturated carbocycles. The number of halogens is 3. The van der Waals surface area contributed by atoms with Crippen LogP contribution in [-0.2, 0) is 16.1 Å². The van der Waals surface area contributed by atoms with Gasteiger partial charge in [0.05, 0.1) is 13.2 Å². The van der Waals surface area contributed by atoms with Gasteiger partial charge in [-0.05, 0) is 25.5 Å². The fourth-order valence-electron chi connectivity index (χ4n) is 1.95. The lowest BCUT2D eigenvalue weighted by Gasteiger charge is -2.21. The maximum absolute atomic E-state index is 12.2. The second-order valence-corrected chi connectivity index (χ2v) is 4.72. The zero-order valence-electron chi connectivity index (χ0n) is 12.0. The van der Waals surface area contributed by atoms with Crippen LogP contribution in [0.25, 0.3) is 0 Å². The highest BCUT2D eigenvalue weighted by Crippen LogP contribution is 2.21. The summed E-state index contributed by atoms with van der Waals surface area (Å²) in [5, 5.41) is 0. The monoisotopic (exact) mass is 303 g/mol. The lowest BCUT2D eigenvalue weighted by molar-refractivity contribution is -0.145. The summed E-state index contributed by atoms with van der Waals surface area (Å²) >= 11 is 0. The SMILES string of the molecule is CCOC(=O)CN(CCCC(F)(F)F)Cc1ccccc1. The van der Waals surface area contributed by atoms with E-state index in [1.54, 1.807) is 11.8 Å². The van der Waals surface area contributed by atoms with Crippen molar-refractivity contribution < 1.29 is 22.7 Å². The van der Waals surface area contributed by atoms with Crippen molar-refractivity contribution in [3.05, 3.63) is 35.9 Å². The van der Waals surface area contributed by atoms with E-state index in [9.17, 15) is 18.0 Å². The van der Waals surface area contributed by atoms with E-state index in [1.807, 2.05) is 30.3 Å². The van der Waals surface area contributed by atoms with Gasteiger partial charge in [0.1, 0.15) is 0 Å². The van der Waals surface area contributed by atoms with Gasteiger partial charge in [0.2, 0.25) is 0 Å². The number of hydrogen-bond acceptors (Lipinski definition) is 3. The molecule has 0 heterocycles. The van der Waals surface area contributed by atoms with Gasteiger partial charge in [-0.3, -0.25) is 9.69 Å². The van der Waals surface area contributed by atoms with Crippen LogP contribution in [0.2, 0.25) is 0 Å². The molecule has 0 saturated heterocycles. The van der Waals surface area contributed by atoms with Crippen LogP contribution in [0.4, 0.5) is 13.2 Å². The molecule has 118 valence electrons. The molecule has 0 aromatic heterocycles. The fourth-order valence-corrected chi connectivity index (χ4v) is 1.95. The van der Waals surface area contributed by atoms with Crippen molar-refractivity contribution in [2.24, 2.45) is 0 Å². The minimum absolute atomic E-state index is 0.000587. The molecule has 21 heavy (non-hydrogen) atoms. The van der Waals surface area contributed by atoms with Crippen LogP contribution in [0.5, 0.6) is 0 Å². The molecule has 1 rings (SSSR count). The Hall–Kier alpha value is -1.56. The Labute approximate surface area is 122 Å². The van der Waals surface area contributed by atoms with Crippen molar-refractivity contribution in [3.8, 4) is 0 Å². The Morgan fingerprint density at radius 3 is 2.48 bits per heavy atom. The Bertz CT molecular complexity index is 421. The number of carbonyl (C=O) groups excluding carboxylic acids is 1. The number of nitrogens with zero attached hydrogens (tertiary/aromatic N) is 1. The van der Waals surface area contributed by atoms with Crippen LogP contribution in [-0.4, -0.2) is 36.7 Å². The van der Waals surface area contributed by atoms with E-state index in [1.165, 1.54) is 0 Å². The largest absolute Gasteiger partial charge is 0.465 e. The molecule has 0 bridgehead atoms. The zero-order chi connectivity index (χ0) is 15.7. The van der Waals surface area contributed by atoms with Gasteiger partial charge >= 0.3 is 12.1 Å². The number of ether oxygens (including phenoxy) is 1. The second-order valence-electron chi connectivity index (χ2n) is 4.72. The Balaban J connectivity index is 2.55. The van der Waals surface area contributed by atoms with Gasteiger partial charge in [-0.2, -0.15) is 13.2 Å². The van der Waals surface area contributed by atoms with E-state index in [4.69, 9.17) is 4.74 Å². The second kappa shape index (κ2) is 8.67. The molecule has 0 aliphatic carbocycles.